The highest BCUT2D eigenvalue weighted by atomic mass is 32.1. The average Bonchev–Trinajstić information content (AvgIpc) is 2.91. The first kappa shape index (κ1) is 13.3. The van der Waals surface area contributed by atoms with Gasteiger partial charge in [0.05, 0.1) is 17.8 Å². The fourth-order valence-electron chi connectivity index (χ4n) is 2.43. The van der Waals surface area contributed by atoms with Gasteiger partial charge in [0.1, 0.15) is 11.4 Å². The number of piperidine rings is 1. The second-order valence-electron chi connectivity index (χ2n) is 4.95. The van der Waals surface area contributed by atoms with Gasteiger partial charge in [0.2, 0.25) is 5.91 Å². The van der Waals surface area contributed by atoms with Crippen molar-refractivity contribution in [1.82, 2.24) is 14.5 Å². The topological polar surface area (TPSA) is 75.4 Å². The van der Waals surface area contributed by atoms with E-state index in [1.807, 2.05) is 5.38 Å². The van der Waals surface area contributed by atoms with Crippen molar-refractivity contribution < 1.29 is 9.90 Å². The Hall–Kier alpha value is -1.73. The third-order valence-electron chi connectivity index (χ3n) is 3.51. The Bertz CT molecular complexity index is 693. The summed E-state index contributed by atoms with van der Waals surface area (Å²) < 4.78 is 1.33. The van der Waals surface area contributed by atoms with E-state index >= 15 is 0 Å². The molecule has 0 bridgehead atoms. The van der Waals surface area contributed by atoms with Crippen LogP contribution < -0.4 is 5.56 Å². The van der Waals surface area contributed by atoms with E-state index in [2.05, 4.69) is 4.98 Å². The van der Waals surface area contributed by atoms with Crippen LogP contribution in [0.25, 0.3) is 10.2 Å². The second kappa shape index (κ2) is 5.34. The Morgan fingerprint density at radius 2 is 2.40 bits per heavy atom. The summed E-state index contributed by atoms with van der Waals surface area (Å²) in [6, 6.07) is 1.72. The summed E-state index contributed by atoms with van der Waals surface area (Å²) in [7, 11) is 0. The number of hydrogen-bond acceptors (Lipinski definition) is 5. The first-order chi connectivity index (χ1) is 9.65. The number of nitrogens with zero attached hydrogens (tertiary/aromatic N) is 3. The fraction of sp³-hybridized carbons (Fsp3) is 0.462. The van der Waals surface area contributed by atoms with Crippen molar-refractivity contribution >= 4 is 27.5 Å². The number of aromatic nitrogens is 2. The highest BCUT2D eigenvalue weighted by Crippen LogP contribution is 2.14. The summed E-state index contributed by atoms with van der Waals surface area (Å²) >= 11 is 1.40. The minimum Gasteiger partial charge on any atom is -0.391 e. The molecule has 1 aliphatic rings. The van der Waals surface area contributed by atoms with Crippen LogP contribution in [0, 0.1) is 0 Å². The lowest BCUT2D eigenvalue weighted by Gasteiger charge is -2.30. The van der Waals surface area contributed by atoms with Gasteiger partial charge >= 0.3 is 0 Å². The molecule has 0 spiro atoms. The Labute approximate surface area is 119 Å². The summed E-state index contributed by atoms with van der Waals surface area (Å²) in [5.74, 6) is -0.151. The summed E-state index contributed by atoms with van der Waals surface area (Å²) in [4.78, 5) is 30.8. The van der Waals surface area contributed by atoms with E-state index in [-0.39, 0.29) is 18.0 Å². The van der Waals surface area contributed by atoms with Gasteiger partial charge in [0, 0.05) is 13.1 Å². The average molecular weight is 293 g/mol. The molecule has 2 aromatic rings. The van der Waals surface area contributed by atoms with E-state index in [0.29, 0.717) is 23.3 Å². The van der Waals surface area contributed by atoms with E-state index in [1.54, 1.807) is 11.0 Å². The summed E-state index contributed by atoms with van der Waals surface area (Å²) in [5.41, 5.74) is -0.192. The molecule has 1 aliphatic heterocycles. The quantitative estimate of drug-likeness (QED) is 0.872. The molecule has 0 radical (unpaired) electrons. The molecule has 1 amide bonds. The van der Waals surface area contributed by atoms with Crippen LogP contribution in [0.3, 0.4) is 0 Å². The number of carbonyl (C=O) groups is 1. The zero-order chi connectivity index (χ0) is 14.1. The maximum absolute atomic E-state index is 12.2. The Morgan fingerprint density at radius 1 is 1.55 bits per heavy atom. The lowest BCUT2D eigenvalue weighted by molar-refractivity contribution is -0.134. The van der Waals surface area contributed by atoms with Gasteiger partial charge in [-0.3, -0.25) is 14.2 Å². The van der Waals surface area contributed by atoms with Crippen molar-refractivity contribution in [1.29, 1.82) is 0 Å². The summed E-state index contributed by atoms with van der Waals surface area (Å²) in [6.45, 7) is 0.963. The lowest BCUT2D eigenvalue weighted by Crippen LogP contribution is -2.44. The van der Waals surface area contributed by atoms with Gasteiger partial charge < -0.3 is 10.0 Å². The normalized spacial score (nSPS) is 19.4. The summed E-state index contributed by atoms with van der Waals surface area (Å²) in [5, 5.41) is 11.9. The molecule has 2 aromatic heterocycles. The first-order valence-corrected chi connectivity index (χ1v) is 7.41. The zero-order valence-corrected chi connectivity index (χ0v) is 11.7. The van der Waals surface area contributed by atoms with E-state index in [0.717, 1.165) is 12.8 Å². The van der Waals surface area contributed by atoms with Crippen LogP contribution in [-0.2, 0) is 11.3 Å². The maximum Gasteiger partial charge on any atom is 0.262 e. The van der Waals surface area contributed by atoms with Gasteiger partial charge in [0.25, 0.3) is 5.56 Å². The van der Waals surface area contributed by atoms with Gasteiger partial charge in [-0.05, 0) is 24.3 Å². The maximum atomic E-state index is 12.2. The van der Waals surface area contributed by atoms with Gasteiger partial charge in [-0.1, -0.05) is 0 Å². The van der Waals surface area contributed by atoms with Gasteiger partial charge in [-0.25, -0.2) is 4.98 Å². The van der Waals surface area contributed by atoms with Crippen molar-refractivity contribution in [3.05, 3.63) is 28.1 Å². The number of likely N-dealkylation sites (tertiary alicyclic amines) is 1. The standard InChI is InChI=1S/C13H15N3O3S/c17-9-2-1-4-15(6-9)11(18)7-16-8-14-12-10(13(16)19)3-5-20-12/h3,5,8-9,17H,1-2,4,6-7H2. The van der Waals surface area contributed by atoms with Crippen LogP contribution in [0.2, 0.25) is 0 Å². The van der Waals surface area contributed by atoms with Crippen molar-refractivity contribution in [2.75, 3.05) is 13.1 Å². The second-order valence-corrected chi connectivity index (χ2v) is 5.85. The largest absolute Gasteiger partial charge is 0.391 e. The van der Waals surface area contributed by atoms with Crippen LogP contribution >= 0.6 is 11.3 Å². The molecule has 1 unspecified atom stereocenters. The molecule has 0 aromatic carbocycles. The molecule has 1 N–H and O–H groups in total. The van der Waals surface area contributed by atoms with Crippen LogP contribution in [0.5, 0.6) is 0 Å². The molecule has 3 heterocycles. The zero-order valence-electron chi connectivity index (χ0n) is 10.9. The van der Waals surface area contributed by atoms with Gasteiger partial charge in [-0.2, -0.15) is 0 Å². The predicted octanol–water partition coefficient (Wildman–Crippen LogP) is 0.441. The van der Waals surface area contributed by atoms with E-state index in [4.69, 9.17) is 0 Å². The minimum atomic E-state index is -0.457. The number of amides is 1. The Morgan fingerprint density at radius 3 is 3.20 bits per heavy atom. The number of rotatable bonds is 2. The van der Waals surface area contributed by atoms with E-state index < -0.39 is 6.10 Å². The van der Waals surface area contributed by atoms with E-state index in [1.165, 1.54) is 22.2 Å². The van der Waals surface area contributed by atoms with Crippen LogP contribution in [0.15, 0.2) is 22.6 Å². The van der Waals surface area contributed by atoms with Gasteiger partial charge in [0.15, 0.2) is 0 Å². The number of aliphatic hydroxyl groups excluding tert-OH is 1. The Kier molecular flexibility index (Phi) is 3.54. The lowest BCUT2D eigenvalue weighted by atomic mass is 10.1. The molecule has 0 aliphatic carbocycles. The van der Waals surface area contributed by atoms with Crippen LogP contribution in [0.1, 0.15) is 12.8 Å². The molecule has 20 heavy (non-hydrogen) atoms. The summed E-state index contributed by atoms with van der Waals surface area (Å²) in [6.07, 6.45) is 2.48. The van der Waals surface area contributed by atoms with Crippen molar-refractivity contribution in [2.24, 2.45) is 0 Å². The molecule has 6 nitrogen and oxygen atoms in total. The smallest absolute Gasteiger partial charge is 0.262 e. The molecule has 1 fully saturated rings. The fourth-order valence-corrected chi connectivity index (χ4v) is 3.16. The highest BCUT2D eigenvalue weighted by molar-refractivity contribution is 7.16. The van der Waals surface area contributed by atoms with Crippen molar-refractivity contribution in [3.63, 3.8) is 0 Å². The molecular formula is C13H15N3O3S. The number of hydrogen-bond donors (Lipinski definition) is 1. The third kappa shape index (κ3) is 2.46. The predicted molar refractivity (Wildman–Crippen MR) is 75.7 cm³/mol. The van der Waals surface area contributed by atoms with Crippen LogP contribution in [0.4, 0.5) is 0 Å². The van der Waals surface area contributed by atoms with Gasteiger partial charge in [-0.15, -0.1) is 11.3 Å². The number of carbonyl (C=O) groups excluding carboxylic acids is 1. The molecule has 7 heteroatoms. The number of fused-ring (bicyclic) bond motifs is 1. The van der Waals surface area contributed by atoms with Crippen LogP contribution in [-0.4, -0.2) is 44.7 Å². The molecule has 1 atom stereocenters. The van der Waals surface area contributed by atoms with Crippen molar-refractivity contribution in [3.8, 4) is 0 Å². The number of thiophene rings is 1. The highest BCUT2D eigenvalue weighted by Gasteiger charge is 2.22. The van der Waals surface area contributed by atoms with E-state index in [9.17, 15) is 14.7 Å². The SMILES string of the molecule is O=C(Cn1cnc2sccc2c1=O)N1CCCC(O)C1. The first-order valence-electron chi connectivity index (χ1n) is 6.53. The molecule has 106 valence electrons. The number of aliphatic hydroxyl groups is 1. The monoisotopic (exact) mass is 293 g/mol. The van der Waals surface area contributed by atoms with Crippen molar-refractivity contribution in [2.45, 2.75) is 25.5 Å². The number of β-amino-alcohol motifs (C(OH)–C–C–N with tert-alkyl or cyclic N) is 1. The molecule has 3 rings (SSSR count). The minimum absolute atomic E-state index is 0.0235. The molecule has 1 saturated heterocycles. The molecular weight excluding hydrogens is 278 g/mol. The third-order valence-corrected chi connectivity index (χ3v) is 4.33. The Balaban J connectivity index is 1.80. The molecule has 0 saturated carbocycles.